The lowest BCUT2D eigenvalue weighted by Gasteiger charge is -2.14. The second-order valence-electron chi connectivity index (χ2n) is 3.48. The number of hydrogen-bond donors (Lipinski definition) is 1. The Morgan fingerprint density at radius 1 is 1.38 bits per heavy atom. The molecule has 0 atom stereocenters. The van der Waals surface area contributed by atoms with Crippen LogP contribution in [0.4, 0.5) is 0 Å². The second-order valence-corrected chi connectivity index (χ2v) is 5.05. The van der Waals surface area contributed by atoms with Crippen molar-refractivity contribution in [3.05, 3.63) is 0 Å². The molecule has 0 spiro atoms. The van der Waals surface area contributed by atoms with Crippen molar-refractivity contribution in [3.8, 4) is 0 Å². The predicted molar refractivity (Wildman–Crippen MR) is 50.1 cm³/mol. The summed E-state index contributed by atoms with van der Waals surface area (Å²) in [5.74, 6) is -0.132. The van der Waals surface area contributed by atoms with E-state index in [9.17, 15) is 8.42 Å². The largest absolute Gasteiger partial charge is 0.292 e. The molecule has 0 bridgehead atoms. The first-order valence-corrected chi connectivity index (χ1v) is 5.94. The lowest BCUT2D eigenvalue weighted by molar-refractivity contribution is 0.275. The molecule has 1 aliphatic rings. The van der Waals surface area contributed by atoms with Gasteiger partial charge in [0, 0.05) is 19.6 Å². The number of nitrogens with zero attached hydrogens (tertiary/aromatic N) is 2. The fourth-order valence-corrected chi connectivity index (χ4v) is 1.94. The first kappa shape index (κ1) is 10.9. The maximum atomic E-state index is 10.4. The van der Waals surface area contributed by atoms with Gasteiger partial charge < -0.3 is 0 Å². The first-order chi connectivity index (χ1) is 5.97. The zero-order valence-electron chi connectivity index (χ0n) is 7.81. The molecule has 0 saturated carbocycles. The molecule has 1 N–H and O–H groups in total. The standard InChI is InChI=1S/C7H16N2O3S/c1-8-4-5-9(7-8)3-2-6-13(10,11)12/h2-7H2,1H3,(H,10,11,12). The van der Waals surface area contributed by atoms with Gasteiger partial charge in [-0.25, -0.2) is 0 Å². The van der Waals surface area contributed by atoms with Crippen molar-refractivity contribution in [1.29, 1.82) is 0 Å². The Bertz CT molecular complexity index is 252. The van der Waals surface area contributed by atoms with Crippen molar-refractivity contribution >= 4 is 10.1 Å². The number of likely N-dealkylation sites (N-methyl/N-ethyl adjacent to an activating group) is 1. The molecular weight excluding hydrogens is 192 g/mol. The molecule has 1 heterocycles. The topological polar surface area (TPSA) is 60.9 Å². The van der Waals surface area contributed by atoms with Crippen LogP contribution in [0.25, 0.3) is 0 Å². The molecule has 78 valence electrons. The normalized spacial score (nSPS) is 21.1. The molecule has 1 rings (SSSR count). The SMILES string of the molecule is CN1CCN(CCCS(=O)(=O)O)C1. The van der Waals surface area contributed by atoms with E-state index in [1.807, 2.05) is 7.05 Å². The molecule has 0 aromatic carbocycles. The smallest absolute Gasteiger partial charge is 0.264 e. The van der Waals surface area contributed by atoms with E-state index in [1.165, 1.54) is 0 Å². The monoisotopic (exact) mass is 208 g/mol. The predicted octanol–water partition coefficient (Wildman–Crippen LogP) is -0.531. The number of rotatable bonds is 4. The van der Waals surface area contributed by atoms with E-state index in [1.54, 1.807) is 0 Å². The van der Waals surface area contributed by atoms with Crippen molar-refractivity contribution < 1.29 is 13.0 Å². The molecule has 1 saturated heterocycles. The fraction of sp³-hybridized carbons (Fsp3) is 1.00. The van der Waals surface area contributed by atoms with Crippen LogP contribution >= 0.6 is 0 Å². The van der Waals surface area contributed by atoms with Gasteiger partial charge in [0.25, 0.3) is 10.1 Å². The van der Waals surface area contributed by atoms with Gasteiger partial charge in [-0.1, -0.05) is 0 Å². The van der Waals surface area contributed by atoms with E-state index in [0.717, 1.165) is 26.3 Å². The van der Waals surface area contributed by atoms with Gasteiger partial charge in [-0.2, -0.15) is 8.42 Å². The summed E-state index contributed by atoms with van der Waals surface area (Å²) in [6, 6.07) is 0. The minimum absolute atomic E-state index is 0.132. The Kier molecular flexibility index (Phi) is 3.66. The Labute approximate surface area is 79.1 Å². The van der Waals surface area contributed by atoms with Gasteiger partial charge in [-0.05, 0) is 13.5 Å². The Morgan fingerprint density at radius 3 is 2.54 bits per heavy atom. The zero-order valence-corrected chi connectivity index (χ0v) is 8.63. The van der Waals surface area contributed by atoms with Crippen LogP contribution in [0.15, 0.2) is 0 Å². The van der Waals surface area contributed by atoms with Crippen molar-refractivity contribution in [1.82, 2.24) is 9.80 Å². The van der Waals surface area contributed by atoms with Gasteiger partial charge in [-0.15, -0.1) is 0 Å². The Balaban J connectivity index is 2.14. The van der Waals surface area contributed by atoms with Crippen LogP contribution in [0.1, 0.15) is 6.42 Å². The summed E-state index contributed by atoms with van der Waals surface area (Å²) < 4.78 is 29.3. The minimum Gasteiger partial charge on any atom is -0.292 e. The Morgan fingerprint density at radius 2 is 2.08 bits per heavy atom. The third kappa shape index (κ3) is 4.56. The van der Waals surface area contributed by atoms with E-state index in [4.69, 9.17) is 4.55 Å². The summed E-state index contributed by atoms with van der Waals surface area (Å²) in [5, 5.41) is 0. The van der Waals surface area contributed by atoms with Crippen molar-refractivity contribution in [2.75, 3.05) is 39.1 Å². The summed E-state index contributed by atoms with van der Waals surface area (Å²) in [6.07, 6.45) is 0.507. The zero-order chi connectivity index (χ0) is 9.90. The lowest BCUT2D eigenvalue weighted by Crippen LogP contribution is -2.25. The molecule has 6 heteroatoms. The van der Waals surface area contributed by atoms with Gasteiger partial charge >= 0.3 is 0 Å². The third-order valence-corrected chi connectivity index (χ3v) is 2.92. The van der Waals surface area contributed by atoms with E-state index in [0.29, 0.717) is 6.42 Å². The summed E-state index contributed by atoms with van der Waals surface area (Å²) in [6.45, 7) is 3.66. The third-order valence-electron chi connectivity index (χ3n) is 2.12. The first-order valence-electron chi connectivity index (χ1n) is 4.33. The highest BCUT2D eigenvalue weighted by atomic mass is 32.2. The molecule has 0 unspecified atom stereocenters. The molecular formula is C7H16N2O3S. The summed E-state index contributed by atoms with van der Waals surface area (Å²) >= 11 is 0. The molecule has 0 amide bonds. The van der Waals surface area contributed by atoms with Crippen LogP contribution in [-0.2, 0) is 10.1 Å². The molecule has 5 nitrogen and oxygen atoms in total. The summed E-state index contributed by atoms with van der Waals surface area (Å²) in [7, 11) is -1.74. The van der Waals surface area contributed by atoms with E-state index < -0.39 is 10.1 Å². The Hall–Kier alpha value is -0.170. The average Bonchev–Trinajstić information content (AvgIpc) is 2.33. The number of hydrogen-bond acceptors (Lipinski definition) is 4. The molecule has 13 heavy (non-hydrogen) atoms. The second kappa shape index (κ2) is 4.36. The van der Waals surface area contributed by atoms with Crippen LogP contribution in [-0.4, -0.2) is 61.9 Å². The van der Waals surface area contributed by atoms with Gasteiger partial charge in [0.2, 0.25) is 0 Å². The highest BCUT2D eigenvalue weighted by molar-refractivity contribution is 7.85. The van der Waals surface area contributed by atoms with Crippen LogP contribution in [0.3, 0.4) is 0 Å². The molecule has 0 aliphatic carbocycles. The van der Waals surface area contributed by atoms with Gasteiger partial charge in [0.1, 0.15) is 0 Å². The highest BCUT2D eigenvalue weighted by Crippen LogP contribution is 2.02. The quantitative estimate of drug-likeness (QED) is 0.629. The average molecular weight is 208 g/mol. The fourth-order valence-electron chi connectivity index (χ4n) is 1.45. The van der Waals surface area contributed by atoms with Crippen LogP contribution < -0.4 is 0 Å². The maximum Gasteiger partial charge on any atom is 0.264 e. The molecule has 0 radical (unpaired) electrons. The van der Waals surface area contributed by atoms with Gasteiger partial charge in [0.05, 0.1) is 12.4 Å². The van der Waals surface area contributed by atoms with Crippen LogP contribution in [0.5, 0.6) is 0 Å². The molecule has 1 fully saturated rings. The van der Waals surface area contributed by atoms with Crippen molar-refractivity contribution in [3.63, 3.8) is 0 Å². The molecule has 0 aromatic heterocycles. The lowest BCUT2D eigenvalue weighted by atomic mass is 10.4. The molecule has 1 aliphatic heterocycles. The molecule has 0 aromatic rings. The highest BCUT2D eigenvalue weighted by Gasteiger charge is 2.16. The minimum atomic E-state index is -3.77. The van der Waals surface area contributed by atoms with Crippen LogP contribution in [0, 0.1) is 0 Å². The van der Waals surface area contributed by atoms with Crippen molar-refractivity contribution in [2.24, 2.45) is 0 Å². The van der Waals surface area contributed by atoms with E-state index in [2.05, 4.69) is 9.80 Å². The van der Waals surface area contributed by atoms with E-state index >= 15 is 0 Å². The van der Waals surface area contributed by atoms with Crippen LogP contribution in [0.2, 0.25) is 0 Å². The maximum absolute atomic E-state index is 10.4. The van der Waals surface area contributed by atoms with E-state index in [-0.39, 0.29) is 5.75 Å². The summed E-state index contributed by atoms with van der Waals surface area (Å²) in [4.78, 5) is 4.35. The summed E-state index contributed by atoms with van der Waals surface area (Å²) in [5.41, 5.74) is 0. The van der Waals surface area contributed by atoms with Crippen molar-refractivity contribution in [2.45, 2.75) is 6.42 Å². The van der Waals surface area contributed by atoms with Gasteiger partial charge in [0.15, 0.2) is 0 Å². The van der Waals surface area contributed by atoms with Gasteiger partial charge in [-0.3, -0.25) is 14.4 Å².